The number of carbonyl (C=O) groups is 2. The molecule has 1 N–H and O–H groups in total. The standard InChI is InChI=1S/C24H29BrN2O4/c1-24(2,3)31-23(29)26-20-11-12-27(15-20)22(28)14-18-13-19(25)9-10-21(18)30-16-17-7-5-4-6-8-17/h4-10,13,20H,11-12,14-16H2,1-3H3,(H,26,29)/t20-/m1/s1. The van der Waals surface area contributed by atoms with Gasteiger partial charge < -0.3 is 19.7 Å². The van der Waals surface area contributed by atoms with E-state index in [9.17, 15) is 9.59 Å². The molecule has 2 aromatic carbocycles. The first-order valence-electron chi connectivity index (χ1n) is 10.4. The minimum Gasteiger partial charge on any atom is -0.489 e. The second kappa shape index (κ2) is 10.2. The second-order valence-corrected chi connectivity index (χ2v) is 9.59. The Morgan fingerprint density at radius 2 is 1.90 bits per heavy atom. The van der Waals surface area contributed by atoms with E-state index in [1.165, 1.54) is 0 Å². The lowest BCUT2D eigenvalue weighted by Gasteiger charge is -2.22. The van der Waals surface area contributed by atoms with Gasteiger partial charge in [0.25, 0.3) is 0 Å². The van der Waals surface area contributed by atoms with Crippen molar-refractivity contribution in [2.75, 3.05) is 13.1 Å². The number of hydrogen-bond acceptors (Lipinski definition) is 4. The van der Waals surface area contributed by atoms with Crippen LogP contribution in [-0.4, -0.2) is 41.6 Å². The summed E-state index contributed by atoms with van der Waals surface area (Å²) in [5.74, 6) is 0.708. The van der Waals surface area contributed by atoms with Crippen molar-refractivity contribution >= 4 is 27.9 Å². The minimum atomic E-state index is -0.547. The maximum absolute atomic E-state index is 12.9. The molecule has 0 bridgehead atoms. The third kappa shape index (κ3) is 7.28. The molecule has 1 atom stereocenters. The van der Waals surface area contributed by atoms with Crippen LogP contribution in [0, 0.1) is 0 Å². The molecule has 6 nitrogen and oxygen atoms in total. The summed E-state index contributed by atoms with van der Waals surface area (Å²) >= 11 is 3.48. The molecule has 3 rings (SSSR count). The number of carbonyl (C=O) groups excluding carboxylic acids is 2. The van der Waals surface area contributed by atoms with E-state index in [4.69, 9.17) is 9.47 Å². The average molecular weight is 489 g/mol. The molecule has 1 fully saturated rings. The molecule has 0 aliphatic carbocycles. The molecule has 0 aromatic heterocycles. The van der Waals surface area contributed by atoms with Crippen molar-refractivity contribution in [3.8, 4) is 5.75 Å². The van der Waals surface area contributed by atoms with Gasteiger partial charge in [0.05, 0.1) is 12.5 Å². The molecule has 7 heteroatoms. The van der Waals surface area contributed by atoms with E-state index in [2.05, 4.69) is 21.2 Å². The molecular weight excluding hydrogens is 460 g/mol. The smallest absolute Gasteiger partial charge is 0.407 e. The van der Waals surface area contributed by atoms with E-state index in [1.54, 1.807) is 4.90 Å². The van der Waals surface area contributed by atoms with Crippen LogP contribution < -0.4 is 10.1 Å². The van der Waals surface area contributed by atoms with Crippen molar-refractivity contribution in [2.45, 2.75) is 51.9 Å². The van der Waals surface area contributed by atoms with Gasteiger partial charge in [-0.05, 0) is 51.0 Å². The van der Waals surface area contributed by atoms with Gasteiger partial charge >= 0.3 is 6.09 Å². The van der Waals surface area contributed by atoms with Gasteiger partial charge in [0.15, 0.2) is 0 Å². The van der Waals surface area contributed by atoms with Crippen LogP contribution in [0.3, 0.4) is 0 Å². The summed E-state index contributed by atoms with van der Waals surface area (Å²) in [6.07, 6.45) is 0.499. The summed E-state index contributed by atoms with van der Waals surface area (Å²) in [5, 5.41) is 2.86. The SMILES string of the molecule is CC(C)(C)OC(=O)N[C@@H]1CCN(C(=O)Cc2cc(Br)ccc2OCc2ccccc2)C1. The van der Waals surface area contributed by atoms with Gasteiger partial charge in [-0.15, -0.1) is 0 Å². The molecule has 1 heterocycles. The van der Waals surface area contributed by atoms with Crippen molar-refractivity contribution in [1.82, 2.24) is 10.2 Å². The molecule has 166 valence electrons. The van der Waals surface area contributed by atoms with E-state index in [1.807, 2.05) is 69.3 Å². The highest BCUT2D eigenvalue weighted by molar-refractivity contribution is 9.10. The average Bonchev–Trinajstić information content (AvgIpc) is 3.15. The largest absolute Gasteiger partial charge is 0.489 e. The summed E-state index contributed by atoms with van der Waals surface area (Å²) in [7, 11) is 0. The van der Waals surface area contributed by atoms with E-state index < -0.39 is 11.7 Å². The summed E-state index contributed by atoms with van der Waals surface area (Å²) in [5.41, 5.74) is 1.35. The molecule has 1 saturated heterocycles. The second-order valence-electron chi connectivity index (χ2n) is 8.67. The van der Waals surface area contributed by atoms with Crippen molar-refractivity contribution in [3.05, 3.63) is 64.1 Å². The predicted octanol–water partition coefficient (Wildman–Crippen LogP) is 4.70. The first-order chi connectivity index (χ1) is 14.7. The maximum atomic E-state index is 12.9. The van der Waals surface area contributed by atoms with Crippen LogP contribution in [0.1, 0.15) is 38.3 Å². The van der Waals surface area contributed by atoms with Crippen molar-refractivity contribution in [1.29, 1.82) is 0 Å². The third-order valence-electron chi connectivity index (χ3n) is 4.86. The Morgan fingerprint density at radius 3 is 2.61 bits per heavy atom. The summed E-state index contributed by atoms with van der Waals surface area (Å²) in [4.78, 5) is 26.7. The first kappa shape index (κ1) is 23.1. The fourth-order valence-electron chi connectivity index (χ4n) is 3.42. The van der Waals surface area contributed by atoms with Crippen LogP contribution >= 0.6 is 15.9 Å². The molecule has 1 aliphatic rings. The van der Waals surface area contributed by atoms with Crippen LogP contribution in [0.4, 0.5) is 4.79 Å². The highest BCUT2D eigenvalue weighted by atomic mass is 79.9. The number of nitrogens with one attached hydrogen (secondary N) is 1. The van der Waals surface area contributed by atoms with E-state index in [0.29, 0.717) is 31.9 Å². The zero-order valence-corrected chi connectivity index (χ0v) is 19.8. The van der Waals surface area contributed by atoms with Gasteiger partial charge in [-0.25, -0.2) is 4.79 Å². The van der Waals surface area contributed by atoms with Gasteiger partial charge in [0.1, 0.15) is 18.0 Å². The zero-order chi connectivity index (χ0) is 22.4. The lowest BCUT2D eigenvalue weighted by molar-refractivity contribution is -0.129. The predicted molar refractivity (Wildman–Crippen MR) is 123 cm³/mol. The summed E-state index contributed by atoms with van der Waals surface area (Å²) < 4.78 is 12.2. The van der Waals surface area contributed by atoms with Crippen molar-refractivity contribution in [3.63, 3.8) is 0 Å². The summed E-state index contributed by atoms with van der Waals surface area (Å²) in [6.45, 7) is 7.00. The Bertz CT molecular complexity index is 912. The highest BCUT2D eigenvalue weighted by Gasteiger charge is 2.29. The number of nitrogens with zero attached hydrogens (tertiary/aromatic N) is 1. The number of likely N-dealkylation sites (tertiary alicyclic amines) is 1. The van der Waals surface area contributed by atoms with Gasteiger partial charge in [-0.2, -0.15) is 0 Å². The van der Waals surface area contributed by atoms with Crippen LogP contribution in [0.15, 0.2) is 53.0 Å². The molecular formula is C24H29BrN2O4. The van der Waals surface area contributed by atoms with E-state index in [0.717, 1.165) is 15.6 Å². The third-order valence-corrected chi connectivity index (χ3v) is 5.36. The topological polar surface area (TPSA) is 67.9 Å². The highest BCUT2D eigenvalue weighted by Crippen LogP contribution is 2.26. The van der Waals surface area contributed by atoms with Gasteiger partial charge in [-0.1, -0.05) is 46.3 Å². The Kier molecular flexibility index (Phi) is 7.59. The molecule has 0 spiro atoms. The minimum absolute atomic E-state index is 0.0103. The number of benzene rings is 2. The van der Waals surface area contributed by atoms with E-state index >= 15 is 0 Å². The van der Waals surface area contributed by atoms with Crippen molar-refractivity contribution in [2.24, 2.45) is 0 Å². The van der Waals surface area contributed by atoms with Gasteiger partial charge in [-0.3, -0.25) is 4.79 Å². The van der Waals surface area contributed by atoms with Crippen LogP contribution in [0.2, 0.25) is 0 Å². The monoisotopic (exact) mass is 488 g/mol. The Balaban J connectivity index is 1.57. The van der Waals surface area contributed by atoms with Gasteiger partial charge in [0.2, 0.25) is 5.91 Å². The number of halogens is 1. The Morgan fingerprint density at radius 1 is 1.16 bits per heavy atom. The molecule has 2 aromatic rings. The number of ether oxygens (including phenoxy) is 2. The number of alkyl carbamates (subject to hydrolysis) is 1. The molecule has 0 saturated carbocycles. The lowest BCUT2D eigenvalue weighted by atomic mass is 10.1. The van der Waals surface area contributed by atoms with Crippen LogP contribution in [0.25, 0.3) is 0 Å². The maximum Gasteiger partial charge on any atom is 0.407 e. The molecule has 0 radical (unpaired) electrons. The summed E-state index contributed by atoms with van der Waals surface area (Å²) in [6, 6.07) is 15.5. The Labute approximate surface area is 192 Å². The molecule has 2 amide bonds. The quantitative estimate of drug-likeness (QED) is 0.639. The number of rotatable bonds is 6. The lowest BCUT2D eigenvalue weighted by Crippen LogP contribution is -2.41. The first-order valence-corrected chi connectivity index (χ1v) is 11.2. The number of amides is 2. The van der Waals surface area contributed by atoms with Gasteiger partial charge in [0, 0.05) is 23.1 Å². The van der Waals surface area contributed by atoms with Crippen LogP contribution in [0.5, 0.6) is 5.75 Å². The Hall–Kier alpha value is -2.54. The number of hydrogen-bond donors (Lipinski definition) is 1. The fourth-order valence-corrected chi connectivity index (χ4v) is 3.82. The molecule has 31 heavy (non-hydrogen) atoms. The van der Waals surface area contributed by atoms with Crippen molar-refractivity contribution < 1.29 is 19.1 Å². The molecule has 1 aliphatic heterocycles. The zero-order valence-electron chi connectivity index (χ0n) is 18.2. The normalized spacial score (nSPS) is 16.1. The van der Waals surface area contributed by atoms with Crippen LogP contribution in [-0.2, 0) is 22.6 Å². The molecule has 0 unspecified atom stereocenters. The van der Waals surface area contributed by atoms with E-state index in [-0.39, 0.29) is 18.4 Å². The fraction of sp³-hybridized carbons (Fsp3) is 0.417.